The van der Waals surface area contributed by atoms with E-state index < -0.39 is 6.04 Å². The summed E-state index contributed by atoms with van der Waals surface area (Å²) in [5.74, 6) is 0. The van der Waals surface area contributed by atoms with Crippen molar-refractivity contribution < 1.29 is 14.8 Å². The third-order valence-electron chi connectivity index (χ3n) is 3.42. The Labute approximate surface area is 129 Å². The van der Waals surface area contributed by atoms with Crippen LogP contribution < -0.4 is 10.6 Å². The van der Waals surface area contributed by atoms with Crippen molar-refractivity contribution in [3.8, 4) is 0 Å². The smallest absolute Gasteiger partial charge is 0.292 e. The molecule has 118 valence electrons. The second kappa shape index (κ2) is 8.14. The maximum absolute atomic E-state index is 11.3. The molecule has 21 heavy (non-hydrogen) atoms. The molecule has 1 aromatic rings. The maximum Gasteiger partial charge on any atom is 0.292 e. The monoisotopic (exact) mass is 317 g/mol. The summed E-state index contributed by atoms with van der Waals surface area (Å²) >= 11 is 0. The minimum absolute atomic E-state index is 0. The van der Waals surface area contributed by atoms with Crippen LogP contribution in [-0.4, -0.2) is 42.9 Å². The number of hydrogen-bond donors (Lipinski definition) is 2. The van der Waals surface area contributed by atoms with Crippen LogP contribution in [0.1, 0.15) is 18.0 Å². The van der Waals surface area contributed by atoms with Crippen molar-refractivity contribution in [1.82, 2.24) is 0 Å². The Bertz CT molecular complexity index is 480. The zero-order valence-corrected chi connectivity index (χ0v) is 12.4. The highest BCUT2D eigenvalue weighted by molar-refractivity contribution is 5.85. The van der Waals surface area contributed by atoms with Crippen LogP contribution in [0.25, 0.3) is 0 Å². The van der Waals surface area contributed by atoms with E-state index in [9.17, 15) is 10.1 Å². The number of halogens is 1. The van der Waals surface area contributed by atoms with Gasteiger partial charge in [0.25, 0.3) is 5.69 Å². The molecule has 0 radical (unpaired) electrons. The molecule has 0 bridgehead atoms. The Kier molecular flexibility index (Phi) is 6.83. The lowest BCUT2D eigenvalue weighted by atomic mass is 10.0. The fraction of sp³-hybridized carbons (Fsp3) is 0.538. The van der Waals surface area contributed by atoms with Crippen molar-refractivity contribution in [3.63, 3.8) is 0 Å². The number of anilines is 1. The van der Waals surface area contributed by atoms with E-state index in [0.717, 1.165) is 0 Å². The number of nitro groups is 1. The molecular formula is C13H20ClN3O4. The van der Waals surface area contributed by atoms with Gasteiger partial charge in [-0.05, 0) is 18.1 Å². The number of nitrogens with zero attached hydrogens (tertiary/aromatic N) is 2. The molecule has 3 N–H and O–H groups in total. The molecule has 1 atom stereocenters. The summed E-state index contributed by atoms with van der Waals surface area (Å²) in [7, 11) is 0. The van der Waals surface area contributed by atoms with Gasteiger partial charge in [0.2, 0.25) is 0 Å². The highest BCUT2D eigenvalue weighted by atomic mass is 35.5. The molecule has 7 nitrogen and oxygen atoms in total. The van der Waals surface area contributed by atoms with Crippen molar-refractivity contribution in [2.24, 2.45) is 5.73 Å². The maximum atomic E-state index is 11.3. The van der Waals surface area contributed by atoms with Gasteiger partial charge in [0, 0.05) is 31.8 Å². The van der Waals surface area contributed by atoms with Crippen molar-refractivity contribution in [1.29, 1.82) is 0 Å². The summed E-state index contributed by atoms with van der Waals surface area (Å²) in [4.78, 5) is 12.8. The number of benzene rings is 1. The Balaban J connectivity index is 0.00000220. The lowest BCUT2D eigenvalue weighted by Crippen LogP contribution is -2.36. The number of aliphatic hydroxyl groups excluding tert-OH is 1. The van der Waals surface area contributed by atoms with Gasteiger partial charge < -0.3 is 20.5 Å². The molecule has 1 saturated heterocycles. The molecule has 0 amide bonds. The molecule has 1 aromatic carbocycles. The average molecular weight is 318 g/mol. The van der Waals surface area contributed by atoms with E-state index in [1.54, 1.807) is 12.1 Å². The molecule has 1 fully saturated rings. The molecular weight excluding hydrogens is 298 g/mol. The van der Waals surface area contributed by atoms with Gasteiger partial charge in [-0.3, -0.25) is 10.1 Å². The van der Waals surface area contributed by atoms with E-state index in [1.165, 1.54) is 6.07 Å². The first-order valence-corrected chi connectivity index (χ1v) is 6.61. The zero-order chi connectivity index (χ0) is 14.5. The highest BCUT2D eigenvalue weighted by Gasteiger charge is 2.22. The minimum atomic E-state index is -0.391. The van der Waals surface area contributed by atoms with E-state index in [4.69, 9.17) is 15.6 Å². The van der Waals surface area contributed by atoms with Crippen molar-refractivity contribution >= 4 is 23.8 Å². The van der Waals surface area contributed by atoms with Gasteiger partial charge in [-0.1, -0.05) is 6.07 Å². The van der Waals surface area contributed by atoms with Gasteiger partial charge in [0.1, 0.15) is 5.69 Å². The number of nitro benzene ring substituents is 1. The topological polar surface area (TPSA) is 102 Å². The minimum Gasteiger partial charge on any atom is -0.396 e. The van der Waals surface area contributed by atoms with Crippen LogP contribution in [0.4, 0.5) is 11.4 Å². The third kappa shape index (κ3) is 4.28. The van der Waals surface area contributed by atoms with Gasteiger partial charge in [-0.2, -0.15) is 0 Å². The summed E-state index contributed by atoms with van der Waals surface area (Å²) in [6.07, 6.45) is 0.383. The standard InChI is InChI=1S/C13H19N3O4.ClH/c14-11(3-6-17)10-1-2-12(13(9-10)16(18)19)15-4-7-20-8-5-15;/h1-2,9,11,17H,3-8,14H2;1H. The van der Waals surface area contributed by atoms with E-state index in [1.807, 2.05) is 4.90 Å². The Hall–Kier alpha value is -1.41. The predicted octanol–water partition coefficient (Wildman–Crippen LogP) is 1.24. The van der Waals surface area contributed by atoms with Crippen LogP contribution in [-0.2, 0) is 4.74 Å². The van der Waals surface area contributed by atoms with Crippen LogP contribution in [0, 0.1) is 10.1 Å². The van der Waals surface area contributed by atoms with Crippen molar-refractivity contribution in [2.45, 2.75) is 12.5 Å². The number of nitrogens with two attached hydrogens (primary N) is 1. The number of rotatable bonds is 5. The normalized spacial score (nSPS) is 16.2. The van der Waals surface area contributed by atoms with Crippen molar-refractivity contribution in [2.75, 3.05) is 37.8 Å². The molecule has 1 aliphatic heterocycles. The molecule has 0 aliphatic carbocycles. The van der Waals surface area contributed by atoms with Crippen LogP contribution in [0.5, 0.6) is 0 Å². The summed E-state index contributed by atoms with van der Waals surface area (Å²) in [5, 5.41) is 20.2. The molecule has 0 spiro atoms. The molecule has 2 rings (SSSR count). The van der Waals surface area contributed by atoms with Gasteiger partial charge in [-0.15, -0.1) is 12.4 Å². The van der Waals surface area contributed by atoms with Crippen LogP contribution in [0.2, 0.25) is 0 Å². The fourth-order valence-corrected chi connectivity index (χ4v) is 2.29. The van der Waals surface area contributed by atoms with Gasteiger partial charge in [0.15, 0.2) is 0 Å². The number of morpholine rings is 1. The second-order valence-electron chi connectivity index (χ2n) is 4.72. The number of ether oxygens (including phenoxy) is 1. The lowest BCUT2D eigenvalue weighted by Gasteiger charge is -2.28. The molecule has 1 aliphatic rings. The van der Waals surface area contributed by atoms with Gasteiger partial charge in [-0.25, -0.2) is 0 Å². The molecule has 0 aromatic heterocycles. The Morgan fingerprint density at radius 1 is 1.43 bits per heavy atom. The summed E-state index contributed by atoms with van der Waals surface area (Å²) in [5.41, 5.74) is 7.21. The van der Waals surface area contributed by atoms with E-state index in [0.29, 0.717) is 44.0 Å². The summed E-state index contributed by atoms with van der Waals surface area (Å²) in [6, 6.07) is 4.64. The largest absolute Gasteiger partial charge is 0.396 e. The predicted molar refractivity (Wildman–Crippen MR) is 82.0 cm³/mol. The average Bonchev–Trinajstić information content (AvgIpc) is 2.47. The lowest BCUT2D eigenvalue weighted by molar-refractivity contribution is -0.384. The quantitative estimate of drug-likeness (QED) is 0.625. The SMILES string of the molecule is Cl.NC(CCO)c1ccc(N2CCOCC2)c([N+](=O)[O-])c1. The first-order chi connectivity index (χ1) is 9.63. The van der Waals surface area contributed by atoms with Crippen LogP contribution in [0.15, 0.2) is 18.2 Å². The molecule has 8 heteroatoms. The first kappa shape index (κ1) is 17.6. The van der Waals surface area contributed by atoms with Gasteiger partial charge >= 0.3 is 0 Å². The van der Waals surface area contributed by atoms with Crippen molar-refractivity contribution in [3.05, 3.63) is 33.9 Å². The highest BCUT2D eigenvalue weighted by Crippen LogP contribution is 2.31. The van der Waals surface area contributed by atoms with Gasteiger partial charge in [0.05, 0.1) is 18.1 Å². The fourth-order valence-electron chi connectivity index (χ4n) is 2.29. The van der Waals surface area contributed by atoms with E-state index in [2.05, 4.69) is 0 Å². The van der Waals surface area contributed by atoms with E-state index in [-0.39, 0.29) is 29.6 Å². The third-order valence-corrected chi connectivity index (χ3v) is 3.42. The van der Waals surface area contributed by atoms with Crippen LogP contribution in [0.3, 0.4) is 0 Å². The molecule has 1 unspecified atom stereocenters. The summed E-state index contributed by atoms with van der Waals surface area (Å²) < 4.78 is 5.26. The zero-order valence-electron chi connectivity index (χ0n) is 11.6. The summed E-state index contributed by atoms with van der Waals surface area (Å²) in [6.45, 7) is 2.39. The molecule has 0 saturated carbocycles. The number of hydrogen-bond acceptors (Lipinski definition) is 6. The van der Waals surface area contributed by atoms with Crippen LogP contribution >= 0.6 is 12.4 Å². The molecule has 1 heterocycles. The second-order valence-corrected chi connectivity index (χ2v) is 4.72. The Morgan fingerprint density at radius 2 is 2.10 bits per heavy atom. The number of aliphatic hydroxyl groups is 1. The van der Waals surface area contributed by atoms with E-state index >= 15 is 0 Å². The first-order valence-electron chi connectivity index (χ1n) is 6.61. The Morgan fingerprint density at radius 3 is 2.67 bits per heavy atom.